The maximum atomic E-state index is 13.4. The van der Waals surface area contributed by atoms with Crippen molar-refractivity contribution in [1.29, 1.82) is 0 Å². The summed E-state index contributed by atoms with van der Waals surface area (Å²) in [7, 11) is -3.70. The van der Waals surface area contributed by atoms with Crippen LogP contribution in [0.4, 0.5) is 13.2 Å². The van der Waals surface area contributed by atoms with Crippen molar-refractivity contribution in [2.45, 2.75) is 56.1 Å². The highest BCUT2D eigenvalue weighted by Crippen LogP contribution is 2.33. The summed E-state index contributed by atoms with van der Waals surface area (Å²) in [6.07, 6.45) is -4.25. The molecule has 2 aliphatic rings. The molecule has 0 unspecified atom stereocenters. The number of rotatable bonds is 6. The van der Waals surface area contributed by atoms with Crippen LogP contribution in [0, 0.1) is 0 Å². The summed E-state index contributed by atoms with van der Waals surface area (Å²) in [5.74, 6) is -0.276. The lowest BCUT2D eigenvalue weighted by Crippen LogP contribution is -2.32. The predicted octanol–water partition coefficient (Wildman–Crippen LogP) is 4.13. The smallest absolute Gasteiger partial charge is 0.425 e. The van der Waals surface area contributed by atoms with Crippen molar-refractivity contribution >= 4 is 15.7 Å². The Balaban J connectivity index is 1.57. The van der Waals surface area contributed by atoms with Crippen molar-refractivity contribution < 1.29 is 40.6 Å². The average molecular weight is 514 g/mol. The van der Waals surface area contributed by atoms with Crippen LogP contribution >= 0.6 is 0 Å². The molecule has 190 valence electrons. The van der Waals surface area contributed by atoms with Crippen molar-refractivity contribution in [2.24, 2.45) is 0 Å². The molecule has 0 saturated carbocycles. The molecule has 2 aromatic carbocycles. The van der Waals surface area contributed by atoms with E-state index in [1.165, 1.54) is 4.90 Å². The van der Waals surface area contributed by atoms with Gasteiger partial charge in [0, 0.05) is 32.2 Å². The van der Waals surface area contributed by atoms with Crippen molar-refractivity contribution in [3.05, 3.63) is 53.1 Å². The molecule has 2 aromatic rings. The fourth-order valence-electron chi connectivity index (χ4n) is 4.01. The van der Waals surface area contributed by atoms with Gasteiger partial charge in [0.15, 0.2) is 15.9 Å². The SMILES string of the molecule is C[C@H](Oc1ccc(S(C)(=O)=O)cc1C(=O)N1Cc2ccc(OC3CCOCC3)cc2C1)C(F)(F)F. The number of fused-ring (bicyclic) bond motifs is 1. The van der Waals surface area contributed by atoms with E-state index in [1.807, 2.05) is 18.2 Å². The molecule has 0 aliphatic carbocycles. The van der Waals surface area contributed by atoms with Crippen molar-refractivity contribution in [3.63, 3.8) is 0 Å². The van der Waals surface area contributed by atoms with Gasteiger partial charge >= 0.3 is 6.18 Å². The van der Waals surface area contributed by atoms with Gasteiger partial charge in [-0.3, -0.25) is 4.79 Å². The molecule has 0 radical (unpaired) electrons. The Morgan fingerprint density at radius 3 is 2.43 bits per heavy atom. The fourth-order valence-corrected chi connectivity index (χ4v) is 4.66. The van der Waals surface area contributed by atoms with Gasteiger partial charge in [-0.15, -0.1) is 0 Å². The number of carbonyl (C=O) groups excluding carboxylic acids is 1. The molecule has 11 heteroatoms. The number of nitrogens with zero attached hydrogens (tertiary/aromatic N) is 1. The van der Waals surface area contributed by atoms with Crippen molar-refractivity contribution in [1.82, 2.24) is 4.90 Å². The zero-order valence-corrected chi connectivity index (χ0v) is 20.1. The first-order valence-electron chi connectivity index (χ1n) is 11.1. The van der Waals surface area contributed by atoms with E-state index in [2.05, 4.69) is 0 Å². The van der Waals surface area contributed by atoms with Crippen LogP contribution in [0.1, 0.15) is 41.3 Å². The minimum Gasteiger partial charge on any atom is -0.490 e. The third-order valence-corrected chi connectivity index (χ3v) is 7.14. The first-order valence-corrected chi connectivity index (χ1v) is 13.0. The predicted molar refractivity (Wildman–Crippen MR) is 120 cm³/mol. The van der Waals surface area contributed by atoms with E-state index in [0.29, 0.717) is 19.0 Å². The highest BCUT2D eigenvalue weighted by molar-refractivity contribution is 7.90. The summed E-state index contributed by atoms with van der Waals surface area (Å²) >= 11 is 0. The molecule has 1 atom stereocenters. The van der Waals surface area contributed by atoms with Gasteiger partial charge in [0.05, 0.1) is 23.7 Å². The Labute approximate surface area is 201 Å². The van der Waals surface area contributed by atoms with Gasteiger partial charge in [-0.1, -0.05) is 6.07 Å². The zero-order chi connectivity index (χ0) is 25.4. The van der Waals surface area contributed by atoms with Crippen LogP contribution in [0.15, 0.2) is 41.3 Å². The molecule has 1 fully saturated rings. The quantitative estimate of drug-likeness (QED) is 0.578. The van der Waals surface area contributed by atoms with Crippen LogP contribution in [0.25, 0.3) is 0 Å². The Bertz CT molecular complexity index is 1210. The second-order valence-corrected chi connectivity index (χ2v) is 10.8. The standard InChI is InChI=1S/C24H26F3NO6S/c1-15(24(25,26)27)33-22-6-5-20(35(2,30)31)12-21(22)23(29)28-13-16-3-4-19(11-17(16)14-28)34-18-7-9-32-10-8-18/h3-6,11-12,15,18H,7-10,13-14H2,1-2H3/t15-/m0/s1. The normalized spacial score (nSPS) is 17.7. The van der Waals surface area contributed by atoms with Gasteiger partial charge < -0.3 is 19.1 Å². The third-order valence-electron chi connectivity index (χ3n) is 6.03. The molecule has 0 aromatic heterocycles. The van der Waals surface area contributed by atoms with Gasteiger partial charge in [0.1, 0.15) is 17.6 Å². The number of sulfone groups is 1. The number of hydrogen-bond donors (Lipinski definition) is 0. The number of amides is 1. The largest absolute Gasteiger partial charge is 0.490 e. The summed E-state index contributed by atoms with van der Waals surface area (Å²) in [4.78, 5) is 14.6. The lowest BCUT2D eigenvalue weighted by Gasteiger charge is -2.23. The van der Waals surface area contributed by atoms with Gasteiger partial charge in [-0.2, -0.15) is 13.2 Å². The van der Waals surface area contributed by atoms with Crippen LogP contribution < -0.4 is 9.47 Å². The van der Waals surface area contributed by atoms with Crippen molar-refractivity contribution in [3.8, 4) is 11.5 Å². The number of hydrogen-bond acceptors (Lipinski definition) is 6. The van der Waals surface area contributed by atoms with E-state index < -0.39 is 28.0 Å². The van der Waals surface area contributed by atoms with Crippen LogP contribution in [0.5, 0.6) is 11.5 Å². The molecule has 0 spiro atoms. The first kappa shape index (κ1) is 25.3. The molecule has 7 nitrogen and oxygen atoms in total. The highest BCUT2D eigenvalue weighted by atomic mass is 32.2. The van der Waals surface area contributed by atoms with Gasteiger partial charge in [0.25, 0.3) is 5.91 Å². The minimum absolute atomic E-state index is 0.0509. The number of halogens is 3. The summed E-state index contributed by atoms with van der Waals surface area (Å²) in [5, 5.41) is 0. The maximum Gasteiger partial charge on any atom is 0.425 e. The number of ether oxygens (including phenoxy) is 3. The monoisotopic (exact) mass is 513 g/mol. The summed E-state index contributed by atoms with van der Waals surface area (Å²) in [6.45, 7) is 2.54. The lowest BCUT2D eigenvalue weighted by molar-refractivity contribution is -0.189. The Morgan fingerprint density at radius 2 is 1.77 bits per heavy atom. The summed E-state index contributed by atoms with van der Waals surface area (Å²) < 4.78 is 79.7. The molecule has 0 bridgehead atoms. The topological polar surface area (TPSA) is 82.1 Å². The van der Waals surface area contributed by atoms with Crippen LogP contribution in [0.3, 0.4) is 0 Å². The molecule has 4 rings (SSSR count). The molecular weight excluding hydrogens is 487 g/mol. The van der Waals surface area contributed by atoms with Crippen LogP contribution in [-0.2, 0) is 27.7 Å². The number of carbonyl (C=O) groups is 1. The van der Waals surface area contributed by atoms with Crippen molar-refractivity contribution in [2.75, 3.05) is 19.5 Å². The molecular formula is C24H26F3NO6S. The van der Waals surface area contributed by atoms with E-state index in [0.717, 1.165) is 55.3 Å². The molecule has 2 aliphatic heterocycles. The third kappa shape index (κ3) is 5.90. The summed E-state index contributed by atoms with van der Waals surface area (Å²) in [6, 6.07) is 8.82. The van der Waals surface area contributed by atoms with E-state index in [-0.39, 0.29) is 35.4 Å². The molecule has 1 saturated heterocycles. The Morgan fingerprint density at radius 1 is 1.09 bits per heavy atom. The second kappa shape index (κ2) is 9.69. The second-order valence-electron chi connectivity index (χ2n) is 8.75. The maximum absolute atomic E-state index is 13.4. The Hall–Kier alpha value is -2.79. The minimum atomic E-state index is -4.65. The highest BCUT2D eigenvalue weighted by Gasteiger charge is 2.39. The lowest BCUT2D eigenvalue weighted by atomic mass is 10.1. The van der Waals surface area contributed by atoms with Gasteiger partial charge in [0.2, 0.25) is 0 Å². The van der Waals surface area contributed by atoms with Crippen LogP contribution in [0.2, 0.25) is 0 Å². The van der Waals surface area contributed by atoms with E-state index in [1.54, 1.807) is 0 Å². The fraction of sp³-hybridized carbons (Fsp3) is 0.458. The zero-order valence-electron chi connectivity index (χ0n) is 19.3. The van der Waals surface area contributed by atoms with Crippen LogP contribution in [-0.4, -0.2) is 57.1 Å². The average Bonchev–Trinajstić information content (AvgIpc) is 3.21. The van der Waals surface area contributed by atoms with E-state index in [9.17, 15) is 26.4 Å². The molecule has 2 heterocycles. The molecule has 1 amide bonds. The van der Waals surface area contributed by atoms with Gasteiger partial charge in [-0.25, -0.2) is 8.42 Å². The Kier molecular flexibility index (Phi) is 7.01. The molecule has 35 heavy (non-hydrogen) atoms. The number of benzene rings is 2. The summed E-state index contributed by atoms with van der Waals surface area (Å²) in [5.41, 5.74) is 1.49. The van der Waals surface area contributed by atoms with Gasteiger partial charge in [-0.05, 0) is 48.4 Å². The van der Waals surface area contributed by atoms with E-state index >= 15 is 0 Å². The molecule has 0 N–H and O–H groups in total. The van der Waals surface area contributed by atoms with E-state index in [4.69, 9.17) is 14.2 Å². The number of alkyl halides is 3. The first-order chi connectivity index (χ1) is 16.4.